The van der Waals surface area contributed by atoms with Crippen LogP contribution in [0.15, 0.2) is 54.7 Å². The van der Waals surface area contributed by atoms with Crippen LogP contribution in [0.3, 0.4) is 0 Å². The molecule has 3 rings (SSSR count). The number of pyridine rings is 1. The molecule has 1 N–H and O–H groups in total. The van der Waals surface area contributed by atoms with Crippen LogP contribution in [0, 0.1) is 11.6 Å². The van der Waals surface area contributed by atoms with Crippen molar-refractivity contribution >= 4 is 16.6 Å². The van der Waals surface area contributed by atoms with Crippen LogP contribution in [0.4, 0.5) is 14.5 Å². The highest BCUT2D eigenvalue weighted by atomic mass is 19.1. The molecule has 0 bridgehead atoms. The molecule has 0 aliphatic carbocycles. The minimum atomic E-state index is -0.594. The summed E-state index contributed by atoms with van der Waals surface area (Å²) >= 11 is 0. The van der Waals surface area contributed by atoms with Crippen LogP contribution in [-0.2, 0) is 6.54 Å². The van der Waals surface area contributed by atoms with Gasteiger partial charge in [0.15, 0.2) is 0 Å². The average molecular weight is 270 g/mol. The van der Waals surface area contributed by atoms with Gasteiger partial charge >= 0.3 is 0 Å². The number of rotatable bonds is 3. The van der Waals surface area contributed by atoms with Gasteiger partial charge in [-0.2, -0.15) is 0 Å². The normalized spacial score (nSPS) is 10.7. The minimum Gasteiger partial charge on any atom is -0.376 e. The molecule has 1 aromatic heterocycles. The summed E-state index contributed by atoms with van der Waals surface area (Å²) in [6.07, 6.45) is 1.69. The lowest BCUT2D eigenvalue weighted by Gasteiger charge is -2.10. The Hall–Kier alpha value is -2.49. The Bertz CT molecular complexity index is 731. The summed E-state index contributed by atoms with van der Waals surface area (Å²) < 4.78 is 27.1. The molecule has 2 nitrogen and oxygen atoms in total. The molecule has 100 valence electrons. The van der Waals surface area contributed by atoms with E-state index in [2.05, 4.69) is 10.3 Å². The monoisotopic (exact) mass is 270 g/mol. The van der Waals surface area contributed by atoms with Gasteiger partial charge < -0.3 is 5.32 Å². The van der Waals surface area contributed by atoms with Gasteiger partial charge in [-0.1, -0.05) is 24.3 Å². The number of anilines is 1. The SMILES string of the molecule is Fc1cccc(F)c1NCc1ccnc2ccccc12. The number of hydrogen-bond acceptors (Lipinski definition) is 2. The summed E-state index contributed by atoms with van der Waals surface area (Å²) in [4.78, 5) is 4.26. The van der Waals surface area contributed by atoms with E-state index in [0.717, 1.165) is 16.5 Å². The number of nitrogens with zero attached hydrogens (tertiary/aromatic N) is 1. The van der Waals surface area contributed by atoms with Crippen molar-refractivity contribution in [3.63, 3.8) is 0 Å². The maximum absolute atomic E-state index is 13.6. The molecule has 0 saturated heterocycles. The zero-order chi connectivity index (χ0) is 13.9. The predicted molar refractivity (Wildman–Crippen MR) is 75.4 cm³/mol. The first-order chi connectivity index (χ1) is 9.75. The highest BCUT2D eigenvalue weighted by molar-refractivity contribution is 5.82. The first-order valence-corrected chi connectivity index (χ1v) is 6.26. The summed E-state index contributed by atoms with van der Waals surface area (Å²) in [5, 5.41) is 3.78. The average Bonchev–Trinajstić information content (AvgIpc) is 2.47. The Labute approximate surface area is 115 Å². The van der Waals surface area contributed by atoms with E-state index in [-0.39, 0.29) is 5.69 Å². The Balaban J connectivity index is 1.91. The zero-order valence-electron chi connectivity index (χ0n) is 10.6. The van der Waals surface area contributed by atoms with E-state index in [4.69, 9.17) is 0 Å². The van der Waals surface area contributed by atoms with Gasteiger partial charge in [0.2, 0.25) is 0 Å². The lowest BCUT2D eigenvalue weighted by molar-refractivity contribution is 0.588. The van der Waals surface area contributed by atoms with Crippen LogP contribution in [-0.4, -0.2) is 4.98 Å². The van der Waals surface area contributed by atoms with Crippen LogP contribution in [0.25, 0.3) is 10.9 Å². The molecule has 2 aromatic carbocycles. The Morgan fingerprint density at radius 3 is 2.45 bits per heavy atom. The van der Waals surface area contributed by atoms with Gasteiger partial charge in [0.05, 0.1) is 5.52 Å². The molecule has 0 saturated carbocycles. The number of aromatic nitrogens is 1. The molecule has 0 unspecified atom stereocenters. The molecule has 0 aliphatic rings. The van der Waals surface area contributed by atoms with Crippen molar-refractivity contribution in [2.75, 3.05) is 5.32 Å². The molecule has 1 heterocycles. The number of fused-ring (bicyclic) bond motifs is 1. The lowest BCUT2D eigenvalue weighted by Crippen LogP contribution is -2.04. The number of halogens is 2. The summed E-state index contributed by atoms with van der Waals surface area (Å²) in [5.74, 6) is -1.19. The van der Waals surface area contributed by atoms with Gasteiger partial charge in [0.25, 0.3) is 0 Å². The molecule has 0 aliphatic heterocycles. The Morgan fingerprint density at radius 1 is 0.900 bits per heavy atom. The van der Waals surface area contributed by atoms with Gasteiger partial charge in [-0.05, 0) is 29.8 Å². The molecule has 20 heavy (non-hydrogen) atoms. The fourth-order valence-electron chi connectivity index (χ4n) is 2.16. The van der Waals surface area contributed by atoms with Crippen molar-refractivity contribution in [1.29, 1.82) is 0 Å². The maximum Gasteiger partial charge on any atom is 0.149 e. The van der Waals surface area contributed by atoms with E-state index in [0.29, 0.717) is 6.54 Å². The van der Waals surface area contributed by atoms with E-state index < -0.39 is 11.6 Å². The molecule has 0 atom stereocenters. The minimum absolute atomic E-state index is 0.103. The second-order valence-electron chi connectivity index (χ2n) is 4.44. The second kappa shape index (κ2) is 5.25. The molecule has 3 aromatic rings. The quantitative estimate of drug-likeness (QED) is 0.774. The second-order valence-corrected chi connectivity index (χ2v) is 4.44. The zero-order valence-corrected chi connectivity index (χ0v) is 10.6. The standard InChI is InChI=1S/C16H12F2N2/c17-13-5-3-6-14(18)16(13)20-10-11-8-9-19-15-7-2-1-4-12(11)15/h1-9,20H,10H2. The van der Waals surface area contributed by atoms with Crippen LogP contribution < -0.4 is 5.32 Å². The smallest absolute Gasteiger partial charge is 0.149 e. The third kappa shape index (κ3) is 2.32. The van der Waals surface area contributed by atoms with E-state index in [9.17, 15) is 8.78 Å². The van der Waals surface area contributed by atoms with Crippen LogP contribution >= 0.6 is 0 Å². The Morgan fingerprint density at radius 2 is 1.65 bits per heavy atom. The summed E-state index contributed by atoms with van der Waals surface area (Å²) in [6, 6.07) is 13.3. The molecule has 0 amide bonds. The fourth-order valence-corrected chi connectivity index (χ4v) is 2.16. The molecule has 4 heteroatoms. The molecular formula is C16H12F2N2. The number of hydrogen-bond donors (Lipinski definition) is 1. The number of para-hydroxylation sites is 2. The van der Waals surface area contributed by atoms with Crippen molar-refractivity contribution in [3.05, 3.63) is 71.9 Å². The van der Waals surface area contributed by atoms with Gasteiger partial charge in [0.1, 0.15) is 17.3 Å². The number of benzene rings is 2. The fraction of sp³-hybridized carbons (Fsp3) is 0.0625. The largest absolute Gasteiger partial charge is 0.376 e. The maximum atomic E-state index is 13.6. The molecule has 0 fully saturated rings. The topological polar surface area (TPSA) is 24.9 Å². The first kappa shape index (κ1) is 12.5. The van der Waals surface area contributed by atoms with Crippen LogP contribution in [0.1, 0.15) is 5.56 Å². The first-order valence-electron chi connectivity index (χ1n) is 6.26. The molecule has 0 radical (unpaired) electrons. The van der Waals surface area contributed by atoms with E-state index in [1.165, 1.54) is 18.2 Å². The predicted octanol–water partition coefficient (Wildman–Crippen LogP) is 4.13. The van der Waals surface area contributed by atoms with Crippen molar-refractivity contribution < 1.29 is 8.78 Å². The van der Waals surface area contributed by atoms with Crippen LogP contribution in [0.2, 0.25) is 0 Å². The third-order valence-electron chi connectivity index (χ3n) is 3.16. The van der Waals surface area contributed by atoms with Gasteiger partial charge in [-0.15, -0.1) is 0 Å². The lowest BCUT2D eigenvalue weighted by atomic mass is 10.1. The van der Waals surface area contributed by atoms with Gasteiger partial charge in [0, 0.05) is 18.1 Å². The van der Waals surface area contributed by atoms with E-state index in [1.807, 2.05) is 30.3 Å². The summed E-state index contributed by atoms with van der Waals surface area (Å²) in [5.41, 5.74) is 1.70. The van der Waals surface area contributed by atoms with Crippen molar-refractivity contribution in [2.24, 2.45) is 0 Å². The van der Waals surface area contributed by atoms with Gasteiger partial charge in [-0.3, -0.25) is 4.98 Å². The number of nitrogens with one attached hydrogen (secondary N) is 1. The van der Waals surface area contributed by atoms with Crippen molar-refractivity contribution in [1.82, 2.24) is 4.98 Å². The highest BCUT2D eigenvalue weighted by Gasteiger charge is 2.08. The molecular weight excluding hydrogens is 258 g/mol. The van der Waals surface area contributed by atoms with E-state index >= 15 is 0 Å². The highest BCUT2D eigenvalue weighted by Crippen LogP contribution is 2.21. The van der Waals surface area contributed by atoms with Crippen molar-refractivity contribution in [2.45, 2.75) is 6.54 Å². The van der Waals surface area contributed by atoms with Crippen molar-refractivity contribution in [3.8, 4) is 0 Å². The van der Waals surface area contributed by atoms with Crippen LogP contribution in [0.5, 0.6) is 0 Å². The summed E-state index contributed by atoms with van der Waals surface area (Å²) in [7, 11) is 0. The van der Waals surface area contributed by atoms with E-state index in [1.54, 1.807) is 6.20 Å². The molecule has 0 spiro atoms. The summed E-state index contributed by atoms with van der Waals surface area (Å²) in [6.45, 7) is 0.334. The third-order valence-corrected chi connectivity index (χ3v) is 3.16. The van der Waals surface area contributed by atoms with Gasteiger partial charge in [-0.25, -0.2) is 8.78 Å². The Kier molecular flexibility index (Phi) is 3.29.